The average molecular weight is 314 g/mol. The molecular weight excluding hydrogens is 299 g/mol. The quantitative estimate of drug-likeness (QED) is 0.851. The molecule has 0 amide bonds. The monoisotopic (exact) mass is 313 g/mol. The SMILES string of the molecule is Cl.NC1(c2cccc(-c3ccc(C(F)(F)F)cc3)c2)CC1. The van der Waals surface area contributed by atoms with Gasteiger partial charge in [-0.25, -0.2) is 0 Å². The maximum atomic E-state index is 12.5. The van der Waals surface area contributed by atoms with Crippen molar-refractivity contribution in [3.63, 3.8) is 0 Å². The molecule has 0 bridgehead atoms. The highest BCUT2D eigenvalue weighted by Crippen LogP contribution is 2.43. The second kappa shape index (κ2) is 5.35. The van der Waals surface area contributed by atoms with Crippen molar-refractivity contribution in [2.24, 2.45) is 5.73 Å². The average Bonchev–Trinajstić information content (AvgIpc) is 3.18. The highest BCUT2D eigenvalue weighted by Gasteiger charge is 2.39. The van der Waals surface area contributed by atoms with Gasteiger partial charge in [-0.3, -0.25) is 0 Å². The minimum Gasteiger partial charge on any atom is -0.321 e. The summed E-state index contributed by atoms with van der Waals surface area (Å²) in [5.74, 6) is 0. The van der Waals surface area contributed by atoms with E-state index in [0.29, 0.717) is 0 Å². The number of rotatable bonds is 2. The van der Waals surface area contributed by atoms with Gasteiger partial charge in [0.2, 0.25) is 0 Å². The van der Waals surface area contributed by atoms with E-state index in [-0.39, 0.29) is 17.9 Å². The van der Waals surface area contributed by atoms with Crippen LogP contribution in [0.3, 0.4) is 0 Å². The smallest absolute Gasteiger partial charge is 0.321 e. The Labute approximate surface area is 127 Å². The standard InChI is InChI=1S/C16H14F3N.ClH/c17-16(18,19)13-6-4-11(5-7-13)12-2-1-3-14(10-12)15(20)8-9-15;/h1-7,10H,8-9,20H2;1H. The molecule has 0 aliphatic heterocycles. The molecule has 0 spiro atoms. The van der Waals surface area contributed by atoms with Gasteiger partial charge in [0.15, 0.2) is 0 Å². The van der Waals surface area contributed by atoms with E-state index < -0.39 is 11.7 Å². The molecule has 0 saturated heterocycles. The van der Waals surface area contributed by atoms with Crippen LogP contribution in [0.5, 0.6) is 0 Å². The molecule has 0 aromatic heterocycles. The number of halogens is 4. The van der Waals surface area contributed by atoms with Crippen LogP contribution >= 0.6 is 12.4 Å². The summed E-state index contributed by atoms with van der Waals surface area (Å²) < 4.78 is 37.6. The van der Waals surface area contributed by atoms with E-state index in [4.69, 9.17) is 5.73 Å². The lowest BCUT2D eigenvalue weighted by Crippen LogP contribution is -2.18. The van der Waals surface area contributed by atoms with Crippen LogP contribution < -0.4 is 5.73 Å². The summed E-state index contributed by atoms with van der Waals surface area (Å²) in [6, 6.07) is 12.9. The molecule has 0 radical (unpaired) electrons. The Balaban J connectivity index is 0.00000161. The van der Waals surface area contributed by atoms with Crippen molar-refractivity contribution in [2.45, 2.75) is 24.6 Å². The second-order valence-corrected chi connectivity index (χ2v) is 5.31. The number of hydrogen-bond acceptors (Lipinski definition) is 1. The van der Waals surface area contributed by atoms with Crippen LogP contribution in [0.2, 0.25) is 0 Å². The van der Waals surface area contributed by atoms with Gasteiger partial charge in [-0.1, -0.05) is 30.3 Å². The van der Waals surface area contributed by atoms with Crippen LogP contribution in [0.4, 0.5) is 13.2 Å². The second-order valence-electron chi connectivity index (χ2n) is 5.31. The Morgan fingerprint density at radius 3 is 2.05 bits per heavy atom. The van der Waals surface area contributed by atoms with Gasteiger partial charge in [-0.05, 0) is 47.7 Å². The summed E-state index contributed by atoms with van der Waals surface area (Å²) >= 11 is 0. The molecule has 1 fully saturated rings. The molecule has 21 heavy (non-hydrogen) atoms. The molecule has 5 heteroatoms. The van der Waals surface area contributed by atoms with Crippen molar-refractivity contribution in [1.82, 2.24) is 0 Å². The fourth-order valence-electron chi connectivity index (χ4n) is 2.28. The summed E-state index contributed by atoms with van der Waals surface area (Å²) in [7, 11) is 0. The van der Waals surface area contributed by atoms with Gasteiger partial charge >= 0.3 is 6.18 Å². The lowest BCUT2D eigenvalue weighted by molar-refractivity contribution is -0.137. The summed E-state index contributed by atoms with van der Waals surface area (Å²) in [6.07, 6.45) is -2.37. The molecule has 1 saturated carbocycles. The maximum Gasteiger partial charge on any atom is 0.416 e. The van der Waals surface area contributed by atoms with Crippen molar-refractivity contribution in [1.29, 1.82) is 0 Å². The van der Waals surface area contributed by atoms with Gasteiger partial charge in [0.05, 0.1) is 5.56 Å². The van der Waals surface area contributed by atoms with Crippen molar-refractivity contribution >= 4 is 12.4 Å². The third-order valence-corrected chi connectivity index (χ3v) is 3.77. The fraction of sp³-hybridized carbons (Fsp3) is 0.250. The van der Waals surface area contributed by atoms with Crippen molar-refractivity contribution in [3.8, 4) is 11.1 Å². The van der Waals surface area contributed by atoms with E-state index >= 15 is 0 Å². The van der Waals surface area contributed by atoms with Crippen LogP contribution in [0.1, 0.15) is 24.0 Å². The van der Waals surface area contributed by atoms with E-state index in [1.54, 1.807) is 0 Å². The summed E-state index contributed by atoms with van der Waals surface area (Å²) in [5, 5.41) is 0. The normalized spacial score (nSPS) is 16.2. The zero-order valence-corrected chi connectivity index (χ0v) is 12.0. The van der Waals surface area contributed by atoms with Crippen LogP contribution in [-0.2, 0) is 11.7 Å². The molecule has 0 unspecified atom stereocenters. The Hall–Kier alpha value is -1.52. The largest absolute Gasteiger partial charge is 0.416 e. The molecule has 0 atom stereocenters. The predicted molar refractivity (Wildman–Crippen MR) is 79.2 cm³/mol. The molecule has 2 N–H and O–H groups in total. The Bertz CT molecular complexity index is 631. The van der Waals surface area contributed by atoms with E-state index in [2.05, 4.69) is 0 Å². The van der Waals surface area contributed by atoms with E-state index in [1.165, 1.54) is 12.1 Å². The predicted octanol–water partition coefficient (Wildman–Crippen LogP) is 4.74. The van der Waals surface area contributed by atoms with Gasteiger partial charge in [-0.15, -0.1) is 12.4 Å². The zero-order chi connectivity index (χ0) is 14.4. The Kier molecular flexibility index (Phi) is 4.04. The van der Waals surface area contributed by atoms with Gasteiger partial charge in [0, 0.05) is 5.54 Å². The van der Waals surface area contributed by atoms with Crippen LogP contribution in [0.15, 0.2) is 48.5 Å². The summed E-state index contributed by atoms with van der Waals surface area (Å²) in [6.45, 7) is 0. The van der Waals surface area contributed by atoms with Gasteiger partial charge < -0.3 is 5.73 Å². The van der Waals surface area contributed by atoms with E-state index in [0.717, 1.165) is 41.7 Å². The number of benzene rings is 2. The van der Waals surface area contributed by atoms with Crippen molar-refractivity contribution < 1.29 is 13.2 Å². The first kappa shape index (κ1) is 15.9. The first-order valence-corrected chi connectivity index (χ1v) is 6.46. The first-order chi connectivity index (χ1) is 9.38. The van der Waals surface area contributed by atoms with Gasteiger partial charge in [0.1, 0.15) is 0 Å². The van der Waals surface area contributed by atoms with Gasteiger partial charge in [-0.2, -0.15) is 13.2 Å². The van der Waals surface area contributed by atoms with Crippen molar-refractivity contribution in [2.75, 3.05) is 0 Å². The van der Waals surface area contributed by atoms with Crippen LogP contribution in [-0.4, -0.2) is 0 Å². The lowest BCUT2D eigenvalue weighted by atomic mass is 9.98. The number of nitrogens with two attached hydrogens (primary N) is 1. The van der Waals surface area contributed by atoms with Crippen molar-refractivity contribution in [3.05, 3.63) is 59.7 Å². The maximum absolute atomic E-state index is 12.5. The minimum atomic E-state index is -4.30. The molecule has 0 heterocycles. The highest BCUT2D eigenvalue weighted by molar-refractivity contribution is 5.85. The van der Waals surface area contributed by atoms with E-state index in [9.17, 15) is 13.2 Å². The zero-order valence-electron chi connectivity index (χ0n) is 11.2. The number of alkyl halides is 3. The number of hydrogen-bond donors (Lipinski definition) is 1. The molecule has 112 valence electrons. The molecule has 1 nitrogen and oxygen atoms in total. The molecule has 3 rings (SSSR count). The first-order valence-electron chi connectivity index (χ1n) is 6.46. The molecular formula is C16H15ClF3N. The third kappa shape index (κ3) is 3.22. The van der Waals surface area contributed by atoms with Gasteiger partial charge in [0.25, 0.3) is 0 Å². The third-order valence-electron chi connectivity index (χ3n) is 3.77. The van der Waals surface area contributed by atoms with E-state index in [1.807, 2.05) is 24.3 Å². The molecule has 1 aliphatic carbocycles. The fourth-order valence-corrected chi connectivity index (χ4v) is 2.28. The lowest BCUT2D eigenvalue weighted by Gasteiger charge is -2.12. The van der Waals surface area contributed by atoms with Crippen LogP contribution in [0, 0.1) is 0 Å². The molecule has 2 aromatic carbocycles. The summed E-state index contributed by atoms with van der Waals surface area (Å²) in [5.41, 5.74) is 8.00. The van der Waals surface area contributed by atoms with Crippen LogP contribution in [0.25, 0.3) is 11.1 Å². The topological polar surface area (TPSA) is 26.0 Å². The Morgan fingerprint density at radius 2 is 1.52 bits per heavy atom. The minimum absolute atomic E-state index is 0. The molecule has 1 aliphatic rings. The highest BCUT2D eigenvalue weighted by atomic mass is 35.5. The molecule has 2 aromatic rings. The summed E-state index contributed by atoms with van der Waals surface area (Å²) in [4.78, 5) is 0. The Morgan fingerprint density at radius 1 is 0.905 bits per heavy atom.